The van der Waals surface area contributed by atoms with E-state index in [9.17, 15) is 0 Å². The highest BCUT2D eigenvalue weighted by Crippen LogP contribution is 2.07. The third-order valence-corrected chi connectivity index (χ3v) is 1.17. The molecule has 0 aliphatic rings. The van der Waals surface area contributed by atoms with Crippen molar-refractivity contribution in [2.24, 2.45) is 5.73 Å². The molecule has 1 nitrogen and oxygen atoms in total. The molecule has 0 heterocycles. The summed E-state index contributed by atoms with van der Waals surface area (Å²) in [7, 11) is 0. The second kappa shape index (κ2) is 5.47. The molecule has 0 amide bonds. The average molecular weight is 243 g/mol. The lowest BCUT2D eigenvalue weighted by atomic mass is 9.99. The summed E-state index contributed by atoms with van der Waals surface area (Å²) in [6, 6.07) is 0. The first-order valence-corrected chi connectivity index (χ1v) is 3.35. The van der Waals surface area contributed by atoms with Crippen LogP contribution in [0.2, 0.25) is 0 Å². The molecular formula is C7H18IN. The molecular weight excluding hydrogens is 225 g/mol. The molecule has 0 aromatic carbocycles. The van der Waals surface area contributed by atoms with Gasteiger partial charge in [0.25, 0.3) is 0 Å². The fourth-order valence-electron chi connectivity index (χ4n) is 0.632. The van der Waals surface area contributed by atoms with Gasteiger partial charge in [-0.25, -0.2) is 0 Å². The summed E-state index contributed by atoms with van der Waals surface area (Å²) < 4.78 is 0. The van der Waals surface area contributed by atoms with Gasteiger partial charge in [0, 0.05) is 5.54 Å². The van der Waals surface area contributed by atoms with Gasteiger partial charge < -0.3 is 5.73 Å². The van der Waals surface area contributed by atoms with Crippen LogP contribution in [0.25, 0.3) is 0 Å². The van der Waals surface area contributed by atoms with Crippen LogP contribution in [0, 0.1) is 0 Å². The maximum atomic E-state index is 5.72. The molecule has 0 rings (SSSR count). The molecule has 0 spiro atoms. The topological polar surface area (TPSA) is 26.0 Å². The number of hydrogen-bond donors (Lipinski definition) is 1. The van der Waals surface area contributed by atoms with Crippen molar-refractivity contribution in [2.75, 3.05) is 0 Å². The predicted molar refractivity (Wildman–Crippen MR) is 53.2 cm³/mol. The van der Waals surface area contributed by atoms with Crippen molar-refractivity contribution in [1.29, 1.82) is 0 Å². The molecule has 0 unspecified atom stereocenters. The summed E-state index contributed by atoms with van der Waals surface area (Å²) in [5, 5.41) is 0. The molecule has 2 heteroatoms. The van der Waals surface area contributed by atoms with Gasteiger partial charge in [-0.2, -0.15) is 0 Å². The van der Waals surface area contributed by atoms with Crippen molar-refractivity contribution in [1.82, 2.24) is 0 Å². The van der Waals surface area contributed by atoms with Crippen molar-refractivity contribution in [2.45, 2.75) is 45.6 Å². The monoisotopic (exact) mass is 243 g/mol. The van der Waals surface area contributed by atoms with E-state index in [0.29, 0.717) is 0 Å². The molecule has 0 bridgehead atoms. The molecule has 0 saturated heterocycles. The summed E-state index contributed by atoms with van der Waals surface area (Å²) in [6.45, 7) is 6.33. The Morgan fingerprint density at radius 3 is 1.89 bits per heavy atom. The van der Waals surface area contributed by atoms with Crippen molar-refractivity contribution in [3.8, 4) is 0 Å². The average Bonchev–Trinajstić information content (AvgIpc) is 1.59. The predicted octanol–water partition coefficient (Wildman–Crippen LogP) is 2.53. The van der Waals surface area contributed by atoms with E-state index in [1.807, 2.05) is 0 Å². The zero-order valence-corrected chi connectivity index (χ0v) is 8.94. The van der Waals surface area contributed by atoms with Gasteiger partial charge in [-0.3, -0.25) is 0 Å². The molecule has 9 heavy (non-hydrogen) atoms. The van der Waals surface area contributed by atoms with E-state index in [2.05, 4.69) is 20.8 Å². The third kappa shape index (κ3) is 12.0. The highest BCUT2D eigenvalue weighted by molar-refractivity contribution is 14.0. The van der Waals surface area contributed by atoms with Crippen LogP contribution in [-0.2, 0) is 0 Å². The molecule has 0 radical (unpaired) electrons. The Bertz CT molecular complexity index is 56.4. The van der Waals surface area contributed by atoms with E-state index in [1.165, 1.54) is 12.8 Å². The number of nitrogens with two attached hydrogens (primary N) is 1. The van der Waals surface area contributed by atoms with Crippen molar-refractivity contribution < 1.29 is 0 Å². The molecule has 0 aromatic heterocycles. The summed E-state index contributed by atoms with van der Waals surface area (Å²) in [5.41, 5.74) is 5.77. The van der Waals surface area contributed by atoms with Gasteiger partial charge >= 0.3 is 0 Å². The second-order valence-electron chi connectivity index (χ2n) is 3.09. The Balaban J connectivity index is 0. The summed E-state index contributed by atoms with van der Waals surface area (Å²) >= 11 is 0. The number of unbranched alkanes of at least 4 members (excludes halogenated alkanes) is 1. The quantitative estimate of drug-likeness (QED) is 0.757. The Kier molecular flexibility index (Phi) is 7.52. The number of halogens is 1. The summed E-state index contributed by atoms with van der Waals surface area (Å²) in [5.74, 6) is 0. The Hall–Kier alpha value is 0.690. The molecule has 0 fully saturated rings. The largest absolute Gasteiger partial charge is 0.326 e. The van der Waals surface area contributed by atoms with Crippen LogP contribution in [0.1, 0.15) is 40.0 Å². The standard InChI is InChI=1S/C7H17N.HI/c1-4-5-6-7(2,3)8;/h4-6,8H2,1-3H3;1H. The van der Waals surface area contributed by atoms with E-state index in [1.54, 1.807) is 0 Å². The van der Waals surface area contributed by atoms with Gasteiger partial charge in [0.2, 0.25) is 0 Å². The highest BCUT2D eigenvalue weighted by Gasteiger charge is 2.07. The molecule has 0 aliphatic carbocycles. The fraction of sp³-hybridized carbons (Fsp3) is 1.00. The zero-order valence-electron chi connectivity index (χ0n) is 6.61. The minimum Gasteiger partial charge on any atom is -0.326 e. The van der Waals surface area contributed by atoms with E-state index in [0.717, 1.165) is 6.42 Å². The van der Waals surface area contributed by atoms with Crippen LogP contribution in [0.15, 0.2) is 0 Å². The fourth-order valence-corrected chi connectivity index (χ4v) is 0.632. The zero-order chi connectivity index (χ0) is 6.62. The first-order chi connectivity index (χ1) is 3.56. The lowest BCUT2D eigenvalue weighted by molar-refractivity contribution is 0.456. The summed E-state index contributed by atoms with van der Waals surface area (Å²) in [6.07, 6.45) is 3.65. The van der Waals surface area contributed by atoms with E-state index in [4.69, 9.17) is 5.73 Å². The van der Waals surface area contributed by atoms with Crippen molar-refractivity contribution >= 4 is 24.0 Å². The maximum absolute atomic E-state index is 5.72. The molecule has 0 saturated carbocycles. The van der Waals surface area contributed by atoms with Crippen LogP contribution >= 0.6 is 24.0 Å². The van der Waals surface area contributed by atoms with Gasteiger partial charge in [0.05, 0.1) is 0 Å². The van der Waals surface area contributed by atoms with Crippen LogP contribution in [0.3, 0.4) is 0 Å². The maximum Gasteiger partial charge on any atom is 0.00970 e. The lowest BCUT2D eigenvalue weighted by Gasteiger charge is -2.16. The van der Waals surface area contributed by atoms with Gasteiger partial charge in [0.15, 0.2) is 0 Å². The van der Waals surface area contributed by atoms with Crippen LogP contribution < -0.4 is 5.73 Å². The van der Waals surface area contributed by atoms with E-state index >= 15 is 0 Å². The van der Waals surface area contributed by atoms with Gasteiger partial charge in [-0.1, -0.05) is 19.8 Å². The molecule has 58 valence electrons. The summed E-state index contributed by atoms with van der Waals surface area (Å²) in [4.78, 5) is 0. The molecule has 2 N–H and O–H groups in total. The van der Waals surface area contributed by atoms with Crippen molar-refractivity contribution in [3.05, 3.63) is 0 Å². The lowest BCUT2D eigenvalue weighted by Crippen LogP contribution is -2.31. The van der Waals surface area contributed by atoms with Crippen LogP contribution in [-0.4, -0.2) is 5.54 Å². The Labute approximate surface area is 75.4 Å². The van der Waals surface area contributed by atoms with Gasteiger partial charge in [0.1, 0.15) is 0 Å². The van der Waals surface area contributed by atoms with Crippen molar-refractivity contribution in [3.63, 3.8) is 0 Å². The molecule has 0 atom stereocenters. The third-order valence-electron chi connectivity index (χ3n) is 1.17. The Morgan fingerprint density at radius 1 is 1.33 bits per heavy atom. The van der Waals surface area contributed by atoms with Gasteiger partial charge in [-0.05, 0) is 20.3 Å². The normalized spacial score (nSPS) is 10.7. The van der Waals surface area contributed by atoms with Gasteiger partial charge in [-0.15, -0.1) is 24.0 Å². The van der Waals surface area contributed by atoms with Crippen LogP contribution in [0.5, 0.6) is 0 Å². The number of hydrogen-bond acceptors (Lipinski definition) is 1. The van der Waals surface area contributed by atoms with Crippen LogP contribution in [0.4, 0.5) is 0 Å². The Morgan fingerprint density at radius 2 is 1.78 bits per heavy atom. The molecule has 0 aliphatic heterocycles. The molecule has 0 aromatic rings. The first-order valence-electron chi connectivity index (χ1n) is 3.35. The van der Waals surface area contributed by atoms with E-state index in [-0.39, 0.29) is 29.5 Å². The highest BCUT2D eigenvalue weighted by atomic mass is 127. The number of rotatable bonds is 3. The first kappa shape index (κ1) is 12.4. The minimum absolute atomic E-state index is 0. The van der Waals surface area contributed by atoms with E-state index < -0.39 is 0 Å². The smallest absolute Gasteiger partial charge is 0.00970 e. The second-order valence-corrected chi connectivity index (χ2v) is 3.09. The SMILES string of the molecule is CCCCC(C)(C)N.I. The minimum atomic E-state index is 0.